The zero-order valence-corrected chi connectivity index (χ0v) is 26.2. The molecule has 1 aliphatic heterocycles. The van der Waals surface area contributed by atoms with Gasteiger partial charge in [-0.25, -0.2) is 0 Å². The van der Waals surface area contributed by atoms with Crippen LogP contribution in [-0.2, 0) is 4.79 Å². The molecule has 216 valence electrons. The van der Waals surface area contributed by atoms with Crippen LogP contribution >= 0.6 is 7.26 Å². The second-order valence-corrected chi connectivity index (χ2v) is 15.9. The summed E-state index contributed by atoms with van der Waals surface area (Å²) in [5, 5.41) is 4.46. The number of carbonyl (C=O) groups excluding carboxylic acids is 1. The molecule has 40 heavy (non-hydrogen) atoms. The minimum atomic E-state index is -2.14. The van der Waals surface area contributed by atoms with Gasteiger partial charge < -0.3 is 0 Å². The monoisotopic (exact) mass is 558 g/mol. The molecule has 0 saturated carbocycles. The van der Waals surface area contributed by atoms with Gasteiger partial charge in [0.2, 0.25) is 0 Å². The Hall–Kier alpha value is -2.48. The summed E-state index contributed by atoms with van der Waals surface area (Å²) in [6.45, 7) is 10.8. The van der Waals surface area contributed by atoms with E-state index in [4.69, 9.17) is 0 Å². The normalized spacial score (nSPS) is 16.4. The van der Waals surface area contributed by atoms with E-state index in [9.17, 15) is 4.79 Å². The van der Waals surface area contributed by atoms with Crippen molar-refractivity contribution < 1.29 is 4.79 Å². The molecule has 0 aliphatic carbocycles. The van der Waals surface area contributed by atoms with Gasteiger partial charge in [0.1, 0.15) is 0 Å². The summed E-state index contributed by atoms with van der Waals surface area (Å²) in [6, 6.07) is 33.6. The van der Waals surface area contributed by atoms with E-state index in [2.05, 4.69) is 122 Å². The topological polar surface area (TPSA) is 23.6 Å². The Morgan fingerprint density at radius 2 is 1.18 bits per heavy atom. The van der Waals surface area contributed by atoms with Crippen LogP contribution in [0.1, 0.15) is 72.1 Å². The molecule has 1 saturated heterocycles. The Morgan fingerprint density at radius 1 is 0.700 bits per heavy atom. The van der Waals surface area contributed by atoms with Crippen molar-refractivity contribution in [3.05, 3.63) is 91.0 Å². The molecule has 1 amide bonds. The second-order valence-electron chi connectivity index (χ2n) is 11.9. The van der Waals surface area contributed by atoms with Crippen molar-refractivity contribution >= 4 is 29.1 Å². The summed E-state index contributed by atoms with van der Waals surface area (Å²) < 4.78 is 0. The Morgan fingerprint density at radius 3 is 1.62 bits per heavy atom. The molecule has 0 aromatic heterocycles. The van der Waals surface area contributed by atoms with E-state index in [1.807, 2.05) is 0 Å². The summed E-state index contributed by atoms with van der Waals surface area (Å²) in [6.07, 6.45) is 10.00. The molecular weight excluding hydrogens is 507 g/mol. The molecule has 1 unspecified atom stereocenters. The molecule has 1 heterocycles. The van der Waals surface area contributed by atoms with Gasteiger partial charge in [-0.05, 0) is 19.8 Å². The molecule has 1 atom stereocenters. The van der Waals surface area contributed by atoms with E-state index in [0.29, 0.717) is 12.3 Å². The first-order chi connectivity index (χ1) is 19.5. The molecule has 3 nitrogen and oxygen atoms in total. The third-order valence-electron chi connectivity index (χ3n) is 9.44. The number of amides is 1. The second kappa shape index (κ2) is 14.9. The van der Waals surface area contributed by atoms with Gasteiger partial charge in [-0.15, -0.1) is 0 Å². The van der Waals surface area contributed by atoms with Crippen LogP contribution in [0.4, 0.5) is 0 Å². The summed E-state index contributed by atoms with van der Waals surface area (Å²) in [5.41, 5.74) is 0.279. The number of hydrogen-bond donors (Lipinski definition) is 0. The van der Waals surface area contributed by atoms with Crippen molar-refractivity contribution in [3.8, 4) is 0 Å². The van der Waals surface area contributed by atoms with E-state index < -0.39 is 7.26 Å². The third kappa shape index (κ3) is 7.23. The molecule has 0 N–H and O–H groups in total. The Kier molecular flexibility index (Phi) is 11.4. The van der Waals surface area contributed by atoms with Gasteiger partial charge in [-0.2, -0.15) is 0 Å². The Bertz CT molecular complexity index is 1050. The van der Waals surface area contributed by atoms with Crippen LogP contribution in [0.3, 0.4) is 0 Å². The number of hydrogen-bond acceptors (Lipinski definition) is 2. The molecule has 0 spiro atoms. The number of piperazine rings is 1. The van der Waals surface area contributed by atoms with E-state index in [1.165, 1.54) is 54.2 Å². The number of unbranched alkanes of at least 4 members (excludes halogenated alkanes) is 3. The van der Waals surface area contributed by atoms with Crippen LogP contribution in [0.5, 0.6) is 0 Å². The molecule has 4 heteroatoms. The molecule has 0 radical (unpaired) electrons. The molecular formula is C36H51N2OP. The molecule has 1 fully saturated rings. The van der Waals surface area contributed by atoms with E-state index in [0.717, 1.165) is 39.0 Å². The van der Waals surface area contributed by atoms with Crippen LogP contribution in [0, 0.1) is 0 Å². The predicted octanol–water partition coefficient (Wildman–Crippen LogP) is 6.78. The first kappa shape index (κ1) is 30.5. The van der Waals surface area contributed by atoms with Crippen LogP contribution in [0.2, 0.25) is 0 Å². The summed E-state index contributed by atoms with van der Waals surface area (Å²) in [5.74, 6) is 0.356. The van der Waals surface area contributed by atoms with Crippen molar-refractivity contribution in [1.29, 1.82) is 0 Å². The van der Waals surface area contributed by atoms with Gasteiger partial charge in [-0.1, -0.05) is 20.3 Å². The van der Waals surface area contributed by atoms with E-state index >= 15 is 0 Å². The van der Waals surface area contributed by atoms with Gasteiger partial charge in [0.25, 0.3) is 0 Å². The maximum absolute atomic E-state index is 13.0. The van der Waals surface area contributed by atoms with Crippen molar-refractivity contribution in [2.24, 2.45) is 0 Å². The summed E-state index contributed by atoms with van der Waals surface area (Å²) >= 11 is 0. The third-order valence-corrected chi connectivity index (χ3v) is 14.5. The fourth-order valence-corrected chi connectivity index (χ4v) is 11.8. The zero-order chi connectivity index (χ0) is 28.3. The predicted molar refractivity (Wildman–Crippen MR) is 176 cm³/mol. The van der Waals surface area contributed by atoms with Crippen molar-refractivity contribution in [3.63, 3.8) is 0 Å². The van der Waals surface area contributed by atoms with E-state index in [-0.39, 0.29) is 5.54 Å². The molecule has 3 aromatic carbocycles. The van der Waals surface area contributed by atoms with Gasteiger partial charge in [0.15, 0.2) is 0 Å². The molecule has 4 rings (SSSR count). The minimum absolute atomic E-state index is 0.279. The van der Waals surface area contributed by atoms with Crippen LogP contribution in [0.25, 0.3) is 0 Å². The molecule has 0 bridgehead atoms. The first-order valence-corrected chi connectivity index (χ1v) is 17.9. The summed E-state index contributed by atoms with van der Waals surface area (Å²) in [7, 11) is -2.14. The average molecular weight is 559 g/mol. The fourth-order valence-electron chi connectivity index (χ4n) is 6.87. The van der Waals surface area contributed by atoms with Crippen molar-refractivity contribution in [2.45, 2.75) is 77.7 Å². The number of carbonyl (C=O) groups is 1. The van der Waals surface area contributed by atoms with Crippen LogP contribution in [0.15, 0.2) is 91.0 Å². The zero-order valence-electron chi connectivity index (χ0n) is 25.2. The Labute approximate surface area is 244 Å². The van der Waals surface area contributed by atoms with Crippen molar-refractivity contribution in [2.75, 3.05) is 32.3 Å². The summed E-state index contributed by atoms with van der Waals surface area (Å²) in [4.78, 5) is 17.8. The molecule has 3 aromatic rings. The average Bonchev–Trinajstić information content (AvgIpc) is 3.02. The SMILES string of the molecule is CCCC(C)(CC)N1CCN(C(=O)CCCCCC[PH](c2ccccc2)(c2ccccc2)c2ccccc2)CC1. The Balaban J connectivity index is 1.32. The van der Waals surface area contributed by atoms with Crippen LogP contribution in [-0.4, -0.2) is 53.6 Å². The standard InChI is InChI=1S/C36H51N2OP/c1-4-26-36(3,5-2)38-29-27-37(28-30-38)35(39)25-17-6-7-18-31-40(32-19-11-8-12-20-32,33-21-13-9-14-22-33)34-23-15-10-16-24-34/h8-16,19-24,40H,4-7,17-18,25-31H2,1-3H3. The van der Waals surface area contributed by atoms with Gasteiger partial charge in [0.05, 0.1) is 0 Å². The van der Waals surface area contributed by atoms with Gasteiger partial charge >= 0.3 is 205 Å². The number of rotatable bonds is 14. The number of nitrogens with zero attached hydrogens (tertiary/aromatic N) is 2. The maximum atomic E-state index is 13.0. The molecule has 1 aliphatic rings. The van der Waals surface area contributed by atoms with Crippen LogP contribution < -0.4 is 15.9 Å². The quantitative estimate of drug-likeness (QED) is 0.161. The van der Waals surface area contributed by atoms with Gasteiger partial charge in [-0.3, -0.25) is 0 Å². The van der Waals surface area contributed by atoms with Gasteiger partial charge in [0, 0.05) is 0 Å². The fraction of sp³-hybridized carbons (Fsp3) is 0.472. The number of benzene rings is 3. The van der Waals surface area contributed by atoms with E-state index in [1.54, 1.807) is 0 Å². The first-order valence-electron chi connectivity index (χ1n) is 15.7. The van der Waals surface area contributed by atoms with Crippen molar-refractivity contribution in [1.82, 2.24) is 9.80 Å².